The lowest BCUT2D eigenvalue weighted by atomic mass is 10.2. The number of ether oxygens (including phenoxy) is 1. The Hall–Kier alpha value is -2.63. The smallest absolute Gasteiger partial charge is 0.235 e. The molecule has 0 aliphatic rings. The molecule has 0 atom stereocenters. The fraction of sp³-hybridized carbons (Fsp3) is 0.154. The Morgan fingerprint density at radius 2 is 2.00 bits per heavy atom. The van der Waals surface area contributed by atoms with Crippen molar-refractivity contribution in [3.63, 3.8) is 0 Å². The topological polar surface area (TPSA) is 89.7 Å². The van der Waals surface area contributed by atoms with Crippen LogP contribution < -0.4 is 10.5 Å². The molecular formula is C13H13N5O. The number of nitrogens with zero attached hydrogens (tertiary/aromatic N) is 3. The van der Waals surface area contributed by atoms with E-state index < -0.39 is 0 Å². The molecule has 6 heteroatoms. The molecule has 0 saturated carbocycles. The first kappa shape index (κ1) is 11.5. The minimum Gasteiger partial charge on any atom is -0.438 e. The highest BCUT2D eigenvalue weighted by Gasteiger charge is 2.10. The van der Waals surface area contributed by atoms with Gasteiger partial charge in [-0.3, -0.25) is 5.10 Å². The maximum absolute atomic E-state index is 5.74. The number of rotatable bonds is 3. The second-order valence-electron chi connectivity index (χ2n) is 4.12. The molecule has 2 heterocycles. The molecule has 19 heavy (non-hydrogen) atoms. The van der Waals surface area contributed by atoms with E-state index in [1.54, 1.807) is 6.20 Å². The van der Waals surface area contributed by atoms with E-state index in [0.717, 1.165) is 6.42 Å². The lowest BCUT2D eigenvalue weighted by Crippen LogP contribution is -1.98. The van der Waals surface area contributed by atoms with Gasteiger partial charge in [0.1, 0.15) is 11.1 Å². The summed E-state index contributed by atoms with van der Waals surface area (Å²) in [6.07, 6.45) is 2.61. The maximum atomic E-state index is 5.74. The van der Waals surface area contributed by atoms with Crippen molar-refractivity contribution in [3.05, 3.63) is 36.0 Å². The Kier molecular flexibility index (Phi) is 2.75. The molecule has 0 aliphatic heterocycles. The average molecular weight is 255 g/mol. The van der Waals surface area contributed by atoms with E-state index in [-0.39, 0.29) is 5.95 Å². The fourth-order valence-electron chi connectivity index (χ4n) is 1.81. The number of hydrogen-bond acceptors (Lipinski definition) is 5. The Morgan fingerprint density at radius 3 is 2.74 bits per heavy atom. The van der Waals surface area contributed by atoms with Gasteiger partial charge >= 0.3 is 0 Å². The van der Waals surface area contributed by atoms with Crippen LogP contribution in [0.4, 0.5) is 5.95 Å². The predicted octanol–water partition coefficient (Wildman–Crippen LogP) is 2.29. The largest absolute Gasteiger partial charge is 0.438 e. The first-order chi connectivity index (χ1) is 9.26. The zero-order valence-electron chi connectivity index (χ0n) is 10.4. The summed E-state index contributed by atoms with van der Waals surface area (Å²) in [6.45, 7) is 2.11. The van der Waals surface area contributed by atoms with Crippen LogP contribution in [-0.2, 0) is 6.42 Å². The summed E-state index contributed by atoms with van der Waals surface area (Å²) >= 11 is 0. The lowest BCUT2D eigenvalue weighted by Gasteiger charge is -2.06. The third kappa shape index (κ3) is 2.20. The van der Waals surface area contributed by atoms with Crippen LogP contribution in [0.25, 0.3) is 11.0 Å². The summed E-state index contributed by atoms with van der Waals surface area (Å²) in [5.41, 5.74) is 7.45. The number of fused-ring (bicyclic) bond motifs is 1. The molecule has 3 rings (SSSR count). The zero-order chi connectivity index (χ0) is 13.2. The highest BCUT2D eigenvalue weighted by Crippen LogP contribution is 2.26. The SMILES string of the molecule is CCc1ccc(Oc2nc(N)nc3[nH]ncc23)cc1. The molecule has 96 valence electrons. The van der Waals surface area contributed by atoms with Gasteiger partial charge in [-0.05, 0) is 24.1 Å². The van der Waals surface area contributed by atoms with Crippen LogP contribution in [0.15, 0.2) is 30.5 Å². The Morgan fingerprint density at radius 1 is 1.21 bits per heavy atom. The first-order valence-electron chi connectivity index (χ1n) is 5.99. The quantitative estimate of drug-likeness (QED) is 0.749. The van der Waals surface area contributed by atoms with Crippen LogP contribution in [0.1, 0.15) is 12.5 Å². The van der Waals surface area contributed by atoms with Gasteiger partial charge < -0.3 is 10.5 Å². The summed E-state index contributed by atoms with van der Waals surface area (Å²) in [7, 11) is 0. The highest BCUT2D eigenvalue weighted by molar-refractivity contribution is 5.80. The summed E-state index contributed by atoms with van der Waals surface area (Å²) in [5, 5.41) is 7.36. The van der Waals surface area contributed by atoms with Crippen LogP contribution in [0.2, 0.25) is 0 Å². The molecule has 0 unspecified atom stereocenters. The van der Waals surface area contributed by atoms with E-state index in [1.807, 2.05) is 24.3 Å². The molecule has 1 aromatic carbocycles. The van der Waals surface area contributed by atoms with Gasteiger partial charge in [-0.1, -0.05) is 19.1 Å². The van der Waals surface area contributed by atoms with Gasteiger partial charge in [0.15, 0.2) is 5.65 Å². The molecule has 3 N–H and O–H groups in total. The molecule has 0 bridgehead atoms. The highest BCUT2D eigenvalue weighted by atomic mass is 16.5. The van der Waals surface area contributed by atoms with E-state index in [0.29, 0.717) is 22.7 Å². The van der Waals surface area contributed by atoms with Crippen molar-refractivity contribution >= 4 is 17.0 Å². The fourth-order valence-corrected chi connectivity index (χ4v) is 1.81. The van der Waals surface area contributed by atoms with E-state index in [2.05, 4.69) is 27.1 Å². The van der Waals surface area contributed by atoms with Crippen LogP contribution in [-0.4, -0.2) is 20.2 Å². The number of hydrogen-bond donors (Lipinski definition) is 2. The van der Waals surface area contributed by atoms with Crippen molar-refractivity contribution in [3.8, 4) is 11.6 Å². The van der Waals surface area contributed by atoms with Crippen molar-refractivity contribution in [2.75, 3.05) is 5.73 Å². The van der Waals surface area contributed by atoms with Gasteiger partial charge in [0.25, 0.3) is 0 Å². The molecule has 0 spiro atoms. The lowest BCUT2D eigenvalue weighted by molar-refractivity contribution is 0.469. The number of benzene rings is 1. The summed E-state index contributed by atoms with van der Waals surface area (Å²) < 4.78 is 5.74. The standard InChI is InChI=1S/C13H13N5O/c1-2-8-3-5-9(6-4-8)19-12-10-7-15-18-11(10)16-13(14)17-12/h3-7H,2H2,1H3,(H3,14,15,16,17,18). The molecule has 2 aromatic heterocycles. The summed E-state index contributed by atoms with van der Waals surface area (Å²) in [4.78, 5) is 8.13. The molecular weight excluding hydrogens is 242 g/mol. The van der Waals surface area contributed by atoms with Gasteiger partial charge in [0.05, 0.1) is 6.20 Å². The number of aromatic amines is 1. The first-order valence-corrected chi connectivity index (χ1v) is 5.99. The minimum atomic E-state index is 0.150. The molecule has 3 aromatic rings. The second kappa shape index (κ2) is 4.56. The van der Waals surface area contributed by atoms with Gasteiger partial charge in [-0.15, -0.1) is 0 Å². The van der Waals surface area contributed by atoms with Crippen molar-refractivity contribution in [1.29, 1.82) is 0 Å². The van der Waals surface area contributed by atoms with E-state index >= 15 is 0 Å². The van der Waals surface area contributed by atoms with Gasteiger partial charge in [-0.25, -0.2) is 0 Å². The number of aryl methyl sites for hydroxylation is 1. The Bertz CT molecular complexity index is 705. The van der Waals surface area contributed by atoms with Crippen molar-refractivity contribution < 1.29 is 4.74 Å². The van der Waals surface area contributed by atoms with Crippen molar-refractivity contribution in [2.24, 2.45) is 0 Å². The summed E-state index contributed by atoms with van der Waals surface area (Å²) in [6, 6.07) is 7.85. The zero-order valence-corrected chi connectivity index (χ0v) is 10.4. The van der Waals surface area contributed by atoms with Crippen molar-refractivity contribution in [2.45, 2.75) is 13.3 Å². The van der Waals surface area contributed by atoms with E-state index in [1.165, 1.54) is 5.56 Å². The van der Waals surface area contributed by atoms with Crippen LogP contribution in [0.3, 0.4) is 0 Å². The monoisotopic (exact) mass is 255 g/mol. The Labute approximate surface area is 109 Å². The number of anilines is 1. The van der Waals surface area contributed by atoms with Gasteiger partial charge in [0, 0.05) is 0 Å². The normalized spacial score (nSPS) is 10.8. The van der Waals surface area contributed by atoms with Gasteiger partial charge in [-0.2, -0.15) is 15.1 Å². The number of nitrogens with one attached hydrogen (secondary N) is 1. The van der Waals surface area contributed by atoms with Crippen LogP contribution in [0.5, 0.6) is 11.6 Å². The number of nitrogen functional groups attached to an aromatic ring is 1. The summed E-state index contributed by atoms with van der Waals surface area (Å²) in [5.74, 6) is 1.26. The molecule has 0 radical (unpaired) electrons. The van der Waals surface area contributed by atoms with Crippen molar-refractivity contribution in [1.82, 2.24) is 20.2 Å². The molecule has 0 aliphatic carbocycles. The Balaban J connectivity index is 1.97. The molecule has 0 amide bonds. The number of aromatic nitrogens is 4. The van der Waals surface area contributed by atoms with E-state index in [9.17, 15) is 0 Å². The average Bonchev–Trinajstić information content (AvgIpc) is 2.88. The second-order valence-corrected chi connectivity index (χ2v) is 4.12. The van der Waals surface area contributed by atoms with E-state index in [4.69, 9.17) is 10.5 Å². The van der Waals surface area contributed by atoms with Gasteiger partial charge in [0.2, 0.25) is 11.8 Å². The maximum Gasteiger partial charge on any atom is 0.235 e. The number of nitrogens with two attached hydrogens (primary N) is 1. The third-order valence-electron chi connectivity index (χ3n) is 2.84. The van der Waals surface area contributed by atoms with Crippen LogP contribution >= 0.6 is 0 Å². The molecule has 0 fully saturated rings. The van der Waals surface area contributed by atoms with Crippen LogP contribution in [0, 0.1) is 0 Å². The number of H-pyrrole nitrogens is 1. The third-order valence-corrected chi connectivity index (χ3v) is 2.84. The molecule has 6 nitrogen and oxygen atoms in total. The minimum absolute atomic E-state index is 0.150. The predicted molar refractivity (Wildman–Crippen MR) is 72.0 cm³/mol. The molecule has 0 saturated heterocycles.